The highest BCUT2D eigenvalue weighted by atomic mass is 79.9. The van der Waals surface area contributed by atoms with Gasteiger partial charge in [-0.05, 0) is 24.0 Å². The Morgan fingerprint density at radius 3 is 2.67 bits per heavy atom. The number of carbonyl (C=O) groups is 1. The zero-order chi connectivity index (χ0) is 11.3. The van der Waals surface area contributed by atoms with Gasteiger partial charge >= 0.3 is 5.97 Å². The molecule has 0 saturated carbocycles. The van der Waals surface area contributed by atoms with Crippen LogP contribution in [0.3, 0.4) is 0 Å². The van der Waals surface area contributed by atoms with E-state index in [1.807, 2.05) is 12.1 Å². The molecule has 1 aromatic carbocycles. The Hall–Kier alpha value is -0.870. The lowest BCUT2D eigenvalue weighted by atomic mass is 9.99. The van der Waals surface area contributed by atoms with Crippen LogP contribution in [-0.4, -0.2) is 21.5 Å². The number of benzene rings is 1. The molecule has 1 aromatic rings. The molecule has 2 N–H and O–H groups in total. The number of aliphatic hydroxyl groups is 1. The molecular formula is C11H13BrO3. The molecule has 0 fully saturated rings. The summed E-state index contributed by atoms with van der Waals surface area (Å²) in [5.74, 6) is -1.21. The third-order valence-electron chi connectivity index (χ3n) is 2.16. The first-order valence-electron chi connectivity index (χ1n) is 4.71. The van der Waals surface area contributed by atoms with Gasteiger partial charge in [-0.15, -0.1) is 0 Å². The normalized spacial score (nSPS) is 12.4. The van der Waals surface area contributed by atoms with Crippen molar-refractivity contribution >= 4 is 21.9 Å². The van der Waals surface area contributed by atoms with Gasteiger partial charge in [-0.3, -0.25) is 0 Å². The van der Waals surface area contributed by atoms with Crippen LogP contribution in [0, 0.1) is 0 Å². The van der Waals surface area contributed by atoms with Crippen molar-refractivity contribution in [2.24, 2.45) is 0 Å². The van der Waals surface area contributed by atoms with Gasteiger partial charge in [-0.1, -0.05) is 40.2 Å². The third kappa shape index (κ3) is 3.32. The Morgan fingerprint density at radius 2 is 2.07 bits per heavy atom. The van der Waals surface area contributed by atoms with Crippen LogP contribution in [0.1, 0.15) is 23.7 Å². The van der Waals surface area contributed by atoms with Gasteiger partial charge in [0, 0.05) is 5.33 Å². The summed E-state index contributed by atoms with van der Waals surface area (Å²) < 4.78 is 0. The molecule has 1 unspecified atom stereocenters. The number of halogens is 1. The van der Waals surface area contributed by atoms with Gasteiger partial charge < -0.3 is 10.2 Å². The monoisotopic (exact) mass is 272 g/mol. The van der Waals surface area contributed by atoms with Crippen molar-refractivity contribution in [3.63, 3.8) is 0 Å². The predicted molar refractivity (Wildman–Crippen MR) is 61.2 cm³/mol. The molecule has 1 rings (SSSR count). The smallest absolute Gasteiger partial charge is 0.337 e. The third-order valence-corrected chi connectivity index (χ3v) is 2.72. The van der Waals surface area contributed by atoms with Crippen LogP contribution in [0.15, 0.2) is 24.3 Å². The van der Waals surface area contributed by atoms with Gasteiger partial charge in [-0.25, -0.2) is 4.79 Å². The maximum atomic E-state index is 10.7. The molecule has 0 heterocycles. The van der Waals surface area contributed by atoms with E-state index in [2.05, 4.69) is 15.9 Å². The van der Waals surface area contributed by atoms with Crippen molar-refractivity contribution in [2.45, 2.75) is 18.9 Å². The highest BCUT2D eigenvalue weighted by Crippen LogP contribution is 2.19. The van der Waals surface area contributed by atoms with Crippen LogP contribution >= 0.6 is 15.9 Å². The second-order valence-electron chi connectivity index (χ2n) is 3.23. The quantitative estimate of drug-likeness (QED) is 0.808. The lowest BCUT2D eigenvalue weighted by molar-refractivity contribution is -0.147. The maximum absolute atomic E-state index is 10.7. The average molecular weight is 273 g/mol. The molecule has 0 aliphatic rings. The molecular weight excluding hydrogens is 260 g/mol. The van der Waals surface area contributed by atoms with E-state index in [9.17, 15) is 9.90 Å². The van der Waals surface area contributed by atoms with Crippen molar-refractivity contribution in [1.29, 1.82) is 0 Å². The Balaban J connectivity index is 2.90. The molecule has 82 valence electrons. The first-order chi connectivity index (χ1) is 7.16. The van der Waals surface area contributed by atoms with Crippen LogP contribution in [0.2, 0.25) is 0 Å². The van der Waals surface area contributed by atoms with Crippen molar-refractivity contribution in [3.8, 4) is 0 Å². The van der Waals surface area contributed by atoms with E-state index in [0.717, 1.165) is 23.7 Å². The SMILES string of the molecule is O=C(O)C(O)c1ccccc1CCCBr. The van der Waals surface area contributed by atoms with E-state index >= 15 is 0 Å². The summed E-state index contributed by atoms with van der Waals surface area (Å²) in [6, 6.07) is 7.09. The van der Waals surface area contributed by atoms with Gasteiger partial charge in [0.05, 0.1) is 0 Å². The minimum absolute atomic E-state index is 0.492. The van der Waals surface area contributed by atoms with Crippen LogP contribution < -0.4 is 0 Å². The fraction of sp³-hybridized carbons (Fsp3) is 0.364. The van der Waals surface area contributed by atoms with Crippen molar-refractivity contribution in [1.82, 2.24) is 0 Å². The van der Waals surface area contributed by atoms with Crippen LogP contribution in [-0.2, 0) is 11.2 Å². The number of alkyl halides is 1. The fourth-order valence-electron chi connectivity index (χ4n) is 1.42. The number of carboxylic acids is 1. The number of hydrogen-bond acceptors (Lipinski definition) is 2. The van der Waals surface area contributed by atoms with E-state index in [1.54, 1.807) is 12.1 Å². The van der Waals surface area contributed by atoms with E-state index in [1.165, 1.54) is 0 Å². The molecule has 3 nitrogen and oxygen atoms in total. The summed E-state index contributed by atoms with van der Waals surface area (Å²) in [6.45, 7) is 0. The minimum atomic E-state index is -1.42. The number of carboxylic acid groups (broad SMARTS) is 1. The lowest BCUT2D eigenvalue weighted by Crippen LogP contribution is -2.12. The zero-order valence-electron chi connectivity index (χ0n) is 8.19. The Labute approximate surface area is 96.9 Å². The Bertz CT molecular complexity index is 338. The maximum Gasteiger partial charge on any atom is 0.337 e. The van der Waals surface area contributed by atoms with E-state index in [-0.39, 0.29) is 0 Å². The molecule has 0 aromatic heterocycles. The number of aliphatic carboxylic acids is 1. The summed E-state index contributed by atoms with van der Waals surface area (Å²) in [5.41, 5.74) is 1.39. The molecule has 0 spiro atoms. The van der Waals surface area contributed by atoms with E-state index in [4.69, 9.17) is 5.11 Å². The van der Waals surface area contributed by atoms with Crippen molar-refractivity contribution < 1.29 is 15.0 Å². The standard InChI is InChI=1S/C11H13BrO3/c12-7-3-5-8-4-1-2-6-9(8)10(13)11(14)15/h1-2,4,6,10,13H,3,5,7H2,(H,14,15). The first kappa shape index (κ1) is 12.2. The Morgan fingerprint density at radius 1 is 1.40 bits per heavy atom. The van der Waals surface area contributed by atoms with Gasteiger partial charge in [-0.2, -0.15) is 0 Å². The topological polar surface area (TPSA) is 57.5 Å². The highest BCUT2D eigenvalue weighted by Gasteiger charge is 2.18. The van der Waals surface area contributed by atoms with Gasteiger partial charge in [0.25, 0.3) is 0 Å². The van der Waals surface area contributed by atoms with Crippen LogP contribution in [0.5, 0.6) is 0 Å². The predicted octanol–water partition coefficient (Wildman–Crippen LogP) is 2.13. The van der Waals surface area contributed by atoms with E-state index < -0.39 is 12.1 Å². The van der Waals surface area contributed by atoms with Crippen molar-refractivity contribution in [2.75, 3.05) is 5.33 Å². The molecule has 1 atom stereocenters. The number of rotatable bonds is 5. The zero-order valence-corrected chi connectivity index (χ0v) is 9.77. The highest BCUT2D eigenvalue weighted by molar-refractivity contribution is 9.09. The average Bonchev–Trinajstić information content (AvgIpc) is 2.25. The summed E-state index contributed by atoms with van der Waals surface area (Å²) in [7, 11) is 0. The van der Waals surface area contributed by atoms with Gasteiger partial charge in [0.2, 0.25) is 0 Å². The summed E-state index contributed by atoms with van der Waals surface area (Å²) >= 11 is 3.32. The van der Waals surface area contributed by atoms with E-state index in [0.29, 0.717) is 5.56 Å². The molecule has 0 aliphatic heterocycles. The summed E-state index contributed by atoms with van der Waals surface area (Å²) in [4.78, 5) is 10.7. The Kier molecular flexibility index (Phi) is 4.78. The molecule has 0 aliphatic carbocycles. The largest absolute Gasteiger partial charge is 0.479 e. The molecule has 0 bridgehead atoms. The molecule has 0 saturated heterocycles. The summed E-state index contributed by atoms with van der Waals surface area (Å²) in [5, 5.41) is 19.1. The number of hydrogen-bond donors (Lipinski definition) is 2. The van der Waals surface area contributed by atoms with Crippen LogP contribution in [0.25, 0.3) is 0 Å². The minimum Gasteiger partial charge on any atom is -0.479 e. The molecule has 4 heteroatoms. The fourth-order valence-corrected chi connectivity index (χ4v) is 1.70. The van der Waals surface area contributed by atoms with Crippen molar-refractivity contribution in [3.05, 3.63) is 35.4 Å². The molecule has 0 radical (unpaired) electrons. The molecule has 0 amide bonds. The lowest BCUT2D eigenvalue weighted by Gasteiger charge is -2.11. The van der Waals surface area contributed by atoms with Gasteiger partial charge in [0.1, 0.15) is 0 Å². The second kappa shape index (κ2) is 5.88. The first-order valence-corrected chi connectivity index (χ1v) is 5.83. The summed E-state index contributed by atoms with van der Waals surface area (Å²) in [6.07, 6.45) is 0.270. The van der Waals surface area contributed by atoms with Crippen LogP contribution in [0.4, 0.5) is 0 Å². The number of aliphatic hydroxyl groups excluding tert-OH is 1. The second-order valence-corrected chi connectivity index (χ2v) is 4.03. The number of aryl methyl sites for hydroxylation is 1. The van der Waals surface area contributed by atoms with Gasteiger partial charge in [0.15, 0.2) is 6.10 Å². The molecule has 15 heavy (non-hydrogen) atoms.